The van der Waals surface area contributed by atoms with Crippen molar-refractivity contribution >= 4 is 5.91 Å². The van der Waals surface area contributed by atoms with Gasteiger partial charge in [-0.3, -0.25) is 9.69 Å². The lowest BCUT2D eigenvalue weighted by molar-refractivity contribution is 0.0939. The normalized spacial score (nSPS) is 18.2. The lowest BCUT2D eigenvalue weighted by Gasteiger charge is -2.32. The van der Waals surface area contributed by atoms with Gasteiger partial charge in [0.1, 0.15) is 0 Å². The zero-order chi connectivity index (χ0) is 17.6. The van der Waals surface area contributed by atoms with Gasteiger partial charge in [-0.15, -0.1) is 5.10 Å². The molecule has 1 aliphatic rings. The minimum Gasteiger partial charge on any atom is -0.395 e. The van der Waals surface area contributed by atoms with E-state index in [0.717, 1.165) is 32.5 Å². The largest absolute Gasteiger partial charge is 0.395 e. The predicted octanol–water partition coefficient (Wildman–Crippen LogP) is 1.15. The number of piperidine rings is 1. The Morgan fingerprint density at radius 2 is 2.24 bits per heavy atom. The van der Waals surface area contributed by atoms with E-state index in [9.17, 15) is 4.79 Å². The van der Waals surface area contributed by atoms with Crippen LogP contribution < -0.4 is 5.32 Å². The van der Waals surface area contributed by atoms with Crippen molar-refractivity contribution in [3.63, 3.8) is 0 Å². The van der Waals surface area contributed by atoms with E-state index in [1.54, 1.807) is 10.9 Å². The highest BCUT2D eigenvalue weighted by Crippen LogP contribution is 2.23. The van der Waals surface area contributed by atoms with Crippen LogP contribution >= 0.6 is 0 Å². The maximum Gasteiger partial charge on any atom is 0.273 e. The van der Waals surface area contributed by atoms with Crippen LogP contribution in [0.1, 0.15) is 40.5 Å². The molecule has 3 rings (SSSR count). The molecule has 1 aromatic carbocycles. The lowest BCUT2D eigenvalue weighted by Crippen LogP contribution is -2.36. The van der Waals surface area contributed by atoms with Crippen LogP contribution in [0.4, 0.5) is 0 Å². The van der Waals surface area contributed by atoms with E-state index in [2.05, 4.69) is 51.7 Å². The SMILES string of the molecule is Cc1ccccc1CN1CCCC(n2cc(C(=O)NCCO)nn2)C1. The molecule has 0 radical (unpaired) electrons. The van der Waals surface area contributed by atoms with E-state index in [1.165, 1.54) is 11.1 Å². The van der Waals surface area contributed by atoms with Crippen LogP contribution in [-0.4, -0.2) is 57.1 Å². The average Bonchev–Trinajstić information content (AvgIpc) is 3.12. The Hall–Kier alpha value is -2.25. The molecular weight excluding hydrogens is 318 g/mol. The molecule has 134 valence electrons. The number of hydrogen-bond acceptors (Lipinski definition) is 5. The highest BCUT2D eigenvalue weighted by molar-refractivity contribution is 5.91. The van der Waals surface area contributed by atoms with Crippen molar-refractivity contribution in [2.45, 2.75) is 32.4 Å². The molecule has 1 aromatic heterocycles. The molecule has 1 aliphatic heterocycles. The number of nitrogens with one attached hydrogen (secondary N) is 1. The van der Waals surface area contributed by atoms with Gasteiger partial charge in [-0.25, -0.2) is 4.68 Å². The van der Waals surface area contributed by atoms with Crippen molar-refractivity contribution in [3.05, 3.63) is 47.3 Å². The minimum absolute atomic E-state index is 0.0869. The van der Waals surface area contributed by atoms with Gasteiger partial charge in [-0.05, 0) is 37.4 Å². The zero-order valence-corrected chi connectivity index (χ0v) is 14.6. The molecule has 7 heteroatoms. The summed E-state index contributed by atoms with van der Waals surface area (Å²) < 4.78 is 1.80. The van der Waals surface area contributed by atoms with Crippen molar-refractivity contribution in [1.82, 2.24) is 25.2 Å². The fraction of sp³-hybridized carbons (Fsp3) is 0.500. The summed E-state index contributed by atoms with van der Waals surface area (Å²) >= 11 is 0. The second-order valence-electron chi connectivity index (χ2n) is 6.52. The first-order valence-corrected chi connectivity index (χ1v) is 8.75. The Kier molecular flexibility index (Phi) is 5.78. The van der Waals surface area contributed by atoms with E-state index in [4.69, 9.17) is 5.11 Å². The van der Waals surface area contributed by atoms with Crippen molar-refractivity contribution in [2.24, 2.45) is 0 Å². The molecule has 1 atom stereocenters. The van der Waals surface area contributed by atoms with Crippen molar-refractivity contribution in [2.75, 3.05) is 26.2 Å². The van der Waals surface area contributed by atoms with E-state index >= 15 is 0 Å². The van der Waals surface area contributed by atoms with E-state index < -0.39 is 0 Å². The van der Waals surface area contributed by atoms with Gasteiger partial charge in [0.25, 0.3) is 5.91 Å². The van der Waals surface area contributed by atoms with Gasteiger partial charge < -0.3 is 10.4 Å². The standard InChI is InChI=1S/C18H25N5O2/c1-14-5-2-3-6-15(14)11-22-9-4-7-16(12-22)23-13-17(20-21-23)18(25)19-8-10-24/h2-3,5-6,13,16,24H,4,7-12H2,1H3,(H,19,25). The molecule has 1 unspecified atom stereocenters. The summed E-state index contributed by atoms with van der Waals surface area (Å²) in [7, 11) is 0. The highest BCUT2D eigenvalue weighted by Gasteiger charge is 2.23. The molecule has 0 saturated carbocycles. The topological polar surface area (TPSA) is 83.3 Å². The van der Waals surface area contributed by atoms with Gasteiger partial charge in [0, 0.05) is 19.6 Å². The molecule has 1 amide bonds. The van der Waals surface area contributed by atoms with Crippen LogP contribution in [0.5, 0.6) is 0 Å². The molecule has 2 N–H and O–H groups in total. The number of rotatable bonds is 6. The first-order valence-electron chi connectivity index (χ1n) is 8.75. The third kappa shape index (κ3) is 4.43. The smallest absolute Gasteiger partial charge is 0.273 e. The van der Waals surface area contributed by atoms with E-state index in [0.29, 0.717) is 5.69 Å². The second kappa shape index (κ2) is 8.22. The summed E-state index contributed by atoms with van der Waals surface area (Å²) in [4.78, 5) is 14.3. The summed E-state index contributed by atoms with van der Waals surface area (Å²) in [5.41, 5.74) is 2.96. The first-order chi connectivity index (χ1) is 12.2. The van der Waals surface area contributed by atoms with Crippen molar-refractivity contribution in [1.29, 1.82) is 0 Å². The van der Waals surface area contributed by atoms with E-state index in [-0.39, 0.29) is 25.1 Å². The number of carbonyl (C=O) groups excluding carboxylic acids is 1. The molecule has 2 heterocycles. The van der Waals surface area contributed by atoms with Crippen molar-refractivity contribution in [3.8, 4) is 0 Å². The summed E-state index contributed by atoms with van der Waals surface area (Å²) in [5, 5.41) is 19.5. The molecule has 0 aliphatic carbocycles. The quantitative estimate of drug-likeness (QED) is 0.822. The maximum atomic E-state index is 11.9. The van der Waals surface area contributed by atoms with Crippen LogP contribution in [-0.2, 0) is 6.54 Å². The van der Waals surface area contributed by atoms with Gasteiger partial charge in [-0.1, -0.05) is 29.5 Å². The number of aliphatic hydroxyl groups excluding tert-OH is 1. The van der Waals surface area contributed by atoms with E-state index in [1.807, 2.05) is 0 Å². The Morgan fingerprint density at radius 3 is 3.04 bits per heavy atom. The lowest BCUT2D eigenvalue weighted by atomic mass is 10.0. The zero-order valence-electron chi connectivity index (χ0n) is 14.6. The number of aryl methyl sites for hydroxylation is 1. The maximum absolute atomic E-state index is 11.9. The Labute approximate surface area is 147 Å². The number of nitrogens with zero attached hydrogens (tertiary/aromatic N) is 4. The molecule has 1 saturated heterocycles. The first kappa shape index (κ1) is 17.6. The molecule has 25 heavy (non-hydrogen) atoms. The number of carbonyl (C=O) groups is 1. The van der Waals surface area contributed by atoms with Crippen LogP contribution in [0, 0.1) is 6.92 Å². The number of aliphatic hydroxyl groups is 1. The Morgan fingerprint density at radius 1 is 1.40 bits per heavy atom. The number of likely N-dealkylation sites (tertiary alicyclic amines) is 1. The highest BCUT2D eigenvalue weighted by atomic mass is 16.3. The molecule has 2 aromatic rings. The molecule has 1 fully saturated rings. The number of aromatic nitrogens is 3. The van der Waals surface area contributed by atoms with Gasteiger partial charge in [0.05, 0.1) is 18.8 Å². The monoisotopic (exact) mass is 343 g/mol. The fourth-order valence-electron chi connectivity index (χ4n) is 3.24. The van der Waals surface area contributed by atoms with Crippen molar-refractivity contribution < 1.29 is 9.90 Å². The van der Waals surface area contributed by atoms with Gasteiger partial charge in [-0.2, -0.15) is 0 Å². The van der Waals surface area contributed by atoms with Crippen LogP contribution in [0.15, 0.2) is 30.5 Å². The summed E-state index contributed by atoms with van der Waals surface area (Å²) in [6.45, 7) is 5.18. The summed E-state index contributed by atoms with van der Waals surface area (Å²) in [6.07, 6.45) is 3.84. The summed E-state index contributed by atoms with van der Waals surface area (Å²) in [5.74, 6) is -0.298. The second-order valence-corrected chi connectivity index (χ2v) is 6.52. The van der Waals surface area contributed by atoms with Crippen LogP contribution in [0.2, 0.25) is 0 Å². The Balaban J connectivity index is 1.62. The third-order valence-corrected chi connectivity index (χ3v) is 4.65. The summed E-state index contributed by atoms with van der Waals surface area (Å²) in [6, 6.07) is 8.70. The molecule has 7 nitrogen and oxygen atoms in total. The molecular formula is C18H25N5O2. The molecule has 0 spiro atoms. The van der Waals surface area contributed by atoms with Gasteiger partial charge in [0.15, 0.2) is 5.69 Å². The molecule has 0 bridgehead atoms. The predicted molar refractivity (Wildman–Crippen MR) is 94.2 cm³/mol. The number of benzene rings is 1. The minimum atomic E-state index is -0.298. The fourth-order valence-corrected chi connectivity index (χ4v) is 3.24. The van der Waals surface area contributed by atoms with Crippen LogP contribution in [0.3, 0.4) is 0 Å². The van der Waals surface area contributed by atoms with Crippen LogP contribution in [0.25, 0.3) is 0 Å². The Bertz CT molecular complexity index is 715. The number of amides is 1. The average molecular weight is 343 g/mol. The van der Waals surface area contributed by atoms with Gasteiger partial charge >= 0.3 is 0 Å². The van der Waals surface area contributed by atoms with Gasteiger partial charge in [0.2, 0.25) is 0 Å². The number of hydrogen-bond donors (Lipinski definition) is 2. The third-order valence-electron chi connectivity index (χ3n) is 4.65.